The Labute approximate surface area is 171 Å². The first-order chi connectivity index (χ1) is 12.8. The molecule has 1 aromatic rings. The van der Waals surface area contributed by atoms with Crippen molar-refractivity contribution >= 4 is 25.8 Å². The van der Waals surface area contributed by atoms with Gasteiger partial charge in [0.05, 0.1) is 22.4 Å². The second kappa shape index (κ2) is 7.02. The van der Waals surface area contributed by atoms with Gasteiger partial charge in [-0.1, -0.05) is 37.3 Å². The van der Waals surface area contributed by atoms with E-state index in [1.54, 1.807) is 0 Å². The second-order valence-corrected chi connectivity index (χ2v) is 9.92. The summed E-state index contributed by atoms with van der Waals surface area (Å²) in [5, 5.41) is 0. The molecule has 2 fully saturated rings. The highest BCUT2D eigenvalue weighted by atomic mass is 16.7. The maximum absolute atomic E-state index is 6.21. The Bertz CT molecular complexity index is 718. The highest BCUT2D eigenvalue weighted by Gasteiger charge is 2.52. The third-order valence-corrected chi connectivity index (χ3v) is 6.78. The summed E-state index contributed by atoms with van der Waals surface area (Å²) >= 11 is 0. The molecule has 0 atom stereocenters. The van der Waals surface area contributed by atoms with Crippen molar-refractivity contribution in [2.24, 2.45) is 0 Å². The fourth-order valence-corrected chi connectivity index (χ4v) is 3.27. The summed E-state index contributed by atoms with van der Waals surface area (Å²) in [6, 6.07) is 8.35. The third kappa shape index (κ3) is 3.85. The van der Waals surface area contributed by atoms with E-state index in [0.717, 1.165) is 22.9 Å². The van der Waals surface area contributed by atoms with Crippen LogP contribution in [0, 0.1) is 0 Å². The van der Waals surface area contributed by atoms with Gasteiger partial charge in [-0.3, -0.25) is 0 Å². The van der Waals surface area contributed by atoms with E-state index < -0.39 is 0 Å². The van der Waals surface area contributed by atoms with Crippen LogP contribution < -0.4 is 5.46 Å². The molecule has 4 nitrogen and oxygen atoms in total. The Morgan fingerprint density at radius 3 is 1.61 bits per heavy atom. The lowest BCUT2D eigenvalue weighted by molar-refractivity contribution is 0.00578. The first-order valence-corrected chi connectivity index (χ1v) is 10.3. The molecule has 0 bridgehead atoms. The van der Waals surface area contributed by atoms with Crippen LogP contribution in [0.4, 0.5) is 0 Å². The summed E-state index contributed by atoms with van der Waals surface area (Å²) < 4.78 is 24.7. The molecule has 0 radical (unpaired) electrons. The molecule has 0 amide bonds. The van der Waals surface area contributed by atoms with Gasteiger partial charge in [0.25, 0.3) is 0 Å². The predicted molar refractivity (Wildman–Crippen MR) is 117 cm³/mol. The highest BCUT2D eigenvalue weighted by molar-refractivity contribution is 6.62. The average Bonchev–Trinajstić information content (AvgIpc) is 2.92. The van der Waals surface area contributed by atoms with Crippen LogP contribution in [0.5, 0.6) is 0 Å². The Balaban J connectivity index is 1.76. The molecular formula is C22H34B2O4. The number of hydrogen-bond donors (Lipinski definition) is 0. The lowest BCUT2D eigenvalue weighted by Gasteiger charge is -2.32. The van der Waals surface area contributed by atoms with E-state index in [-0.39, 0.29) is 36.6 Å². The molecule has 2 heterocycles. The SMILES string of the molecule is CC/C(=C\c1ccc(B2OC(C)(C)C(C)(C)O2)cc1)B1OC(C)(C)C(C)(C)O1. The molecule has 28 heavy (non-hydrogen) atoms. The van der Waals surface area contributed by atoms with Crippen LogP contribution in [0.2, 0.25) is 0 Å². The molecule has 6 heteroatoms. The van der Waals surface area contributed by atoms with Crippen LogP contribution in [0.25, 0.3) is 6.08 Å². The summed E-state index contributed by atoms with van der Waals surface area (Å²) in [6.07, 6.45) is 3.03. The van der Waals surface area contributed by atoms with Gasteiger partial charge in [0.15, 0.2) is 0 Å². The lowest BCUT2D eigenvalue weighted by atomic mass is 9.75. The zero-order valence-electron chi connectivity index (χ0n) is 18.9. The van der Waals surface area contributed by atoms with Gasteiger partial charge < -0.3 is 18.6 Å². The number of benzene rings is 1. The average molecular weight is 384 g/mol. The monoisotopic (exact) mass is 384 g/mol. The molecule has 152 valence electrons. The fourth-order valence-electron chi connectivity index (χ4n) is 3.27. The van der Waals surface area contributed by atoms with Crippen molar-refractivity contribution in [1.82, 2.24) is 0 Å². The van der Waals surface area contributed by atoms with Crippen molar-refractivity contribution in [3.05, 3.63) is 35.3 Å². The van der Waals surface area contributed by atoms with Gasteiger partial charge in [-0.05, 0) is 78.3 Å². The molecule has 0 aromatic heterocycles. The zero-order chi connectivity index (χ0) is 21.0. The van der Waals surface area contributed by atoms with Crippen molar-refractivity contribution in [3.8, 4) is 0 Å². The summed E-state index contributed by atoms with van der Waals surface area (Å²) in [5.74, 6) is 0. The van der Waals surface area contributed by atoms with E-state index in [9.17, 15) is 0 Å². The van der Waals surface area contributed by atoms with Gasteiger partial charge in [0, 0.05) is 0 Å². The van der Waals surface area contributed by atoms with Crippen molar-refractivity contribution in [2.45, 2.75) is 91.1 Å². The van der Waals surface area contributed by atoms with Crippen LogP contribution >= 0.6 is 0 Å². The summed E-state index contributed by atoms with van der Waals surface area (Å²) in [5.41, 5.74) is 1.97. The van der Waals surface area contributed by atoms with E-state index in [1.165, 1.54) is 0 Å². The van der Waals surface area contributed by atoms with Crippen molar-refractivity contribution in [3.63, 3.8) is 0 Å². The largest absolute Gasteiger partial charge is 0.494 e. The van der Waals surface area contributed by atoms with Crippen LogP contribution in [0.15, 0.2) is 29.7 Å². The Hall–Kier alpha value is -1.07. The molecule has 0 N–H and O–H groups in total. The smallest absolute Gasteiger partial charge is 0.400 e. The molecule has 1 aromatic carbocycles. The zero-order valence-corrected chi connectivity index (χ0v) is 18.9. The van der Waals surface area contributed by atoms with Gasteiger partial charge in [0.1, 0.15) is 0 Å². The first kappa shape index (κ1) is 21.6. The third-order valence-electron chi connectivity index (χ3n) is 6.78. The van der Waals surface area contributed by atoms with Gasteiger partial charge in [0.2, 0.25) is 0 Å². The van der Waals surface area contributed by atoms with E-state index >= 15 is 0 Å². The van der Waals surface area contributed by atoms with Crippen molar-refractivity contribution in [2.75, 3.05) is 0 Å². The standard InChI is InChI=1S/C22H34B2O4/c1-10-17(23-25-19(2,3)20(4,5)26-23)15-16-11-13-18(14-12-16)24-27-21(6,7)22(8,9)28-24/h11-15H,10H2,1-9H3/b17-15+. The molecule has 2 aliphatic heterocycles. The van der Waals surface area contributed by atoms with Crippen molar-refractivity contribution < 1.29 is 18.6 Å². The number of rotatable bonds is 4. The molecular weight excluding hydrogens is 350 g/mol. The molecule has 2 saturated heterocycles. The Morgan fingerprint density at radius 1 is 0.750 bits per heavy atom. The predicted octanol–water partition coefficient (Wildman–Crippen LogP) is 4.41. The van der Waals surface area contributed by atoms with Crippen LogP contribution in [0.3, 0.4) is 0 Å². The maximum atomic E-state index is 6.21. The van der Waals surface area contributed by atoms with Crippen molar-refractivity contribution in [1.29, 1.82) is 0 Å². The molecule has 0 unspecified atom stereocenters. The first-order valence-electron chi connectivity index (χ1n) is 10.3. The quantitative estimate of drug-likeness (QED) is 0.721. The normalized spacial score (nSPS) is 25.4. The van der Waals surface area contributed by atoms with E-state index in [0.29, 0.717) is 0 Å². The minimum absolute atomic E-state index is 0.308. The van der Waals surface area contributed by atoms with E-state index in [1.807, 2.05) is 0 Å². The number of allylic oxidation sites excluding steroid dienone is 1. The Morgan fingerprint density at radius 2 is 1.18 bits per heavy atom. The number of hydrogen-bond acceptors (Lipinski definition) is 4. The molecule has 3 rings (SSSR count). The van der Waals surface area contributed by atoms with Gasteiger partial charge >= 0.3 is 14.2 Å². The second-order valence-electron chi connectivity index (χ2n) is 9.92. The molecule has 0 aliphatic carbocycles. The van der Waals surface area contributed by atoms with E-state index in [4.69, 9.17) is 18.6 Å². The summed E-state index contributed by atoms with van der Waals surface area (Å²) in [6.45, 7) is 18.8. The van der Waals surface area contributed by atoms with E-state index in [2.05, 4.69) is 92.7 Å². The topological polar surface area (TPSA) is 36.9 Å². The fraction of sp³-hybridized carbons (Fsp3) is 0.636. The Kier molecular flexibility index (Phi) is 5.42. The van der Waals surface area contributed by atoms with Gasteiger partial charge in [-0.25, -0.2) is 0 Å². The van der Waals surface area contributed by atoms with Crippen LogP contribution in [-0.2, 0) is 18.6 Å². The maximum Gasteiger partial charge on any atom is 0.494 e. The molecule has 2 aliphatic rings. The minimum Gasteiger partial charge on any atom is -0.400 e. The van der Waals surface area contributed by atoms with Gasteiger partial charge in [-0.2, -0.15) is 0 Å². The van der Waals surface area contributed by atoms with Crippen LogP contribution in [0.1, 0.15) is 74.3 Å². The summed E-state index contributed by atoms with van der Waals surface area (Å²) in [7, 11) is -0.644. The minimum atomic E-state index is -0.336. The van der Waals surface area contributed by atoms with Gasteiger partial charge in [-0.15, -0.1) is 0 Å². The summed E-state index contributed by atoms with van der Waals surface area (Å²) in [4.78, 5) is 0. The highest BCUT2D eigenvalue weighted by Crippen LogP contribution is 2.39. The molecule has 0 saturated carbocycles. The molecule has 0 spiro atoms. The van der Waals surface area contributed by atoms with Crippen LogP contribution in [-0.4, -0.2) is 36.6 Å². The lowest BCUT2D eigenvalue weighted by Crippen LogP contribution is -2.41.